The molecule has 0 aliphatic carbocycles. The Labute approximate surface area is 127 Å². The van der Waals surface area contributed by atoms with Gasteiger partial charge in [-0.1, -0.05) is 6.92 Å². The molecule has 1 saturated heterocycles. The highest BCUT2D eigenvalue weighted by Gasteiger charge is 2.28. The number of aryl methyl sites for hydroxylation is 1. The molecule has 9 nitrogen and oxygen atoms in total. The third kappa shape index (κ3) is 3.30. The van der Waals surface area contributed by atoms with E-state index < -0.39 is 0 Å². The molecule has 1 fully saturated rings. The number of nitrogens with one attached hydrogen (secondary N) is 1. The first kappa shape index (κ1) is 14.6. The van der Waals surface area contributed by atoms with E-state index in [-0.39, 0.29) is 18.6 Å². The second-order valence-corrected chi connectivity index (χ2v) is 5.18. The van der Waals surface area contributed by atoms with E-state index in [0.717, 1.165) is 18.7 Å². The van der Waals surface area contributed by atoms with Crippen LogP contribution in [0.2, 0.25) is 0 Å². The van der Waals surface area contributed by atoms with E-state index >= 15 is 0 Å². The van der Waals surface area contributed by atoms with Crippen molar-refractivity contribution in [3.63, 3.8) is 0 Å². The van der Waals surface area contributed by atoms with E-state index in [4.69, 9.17) is 4.74 Å². The lowest BCUT2D eigenvalue weighted by Crippen LogP contribution is -2.44. The monoisotopic (exact) mass is 305 g/mol. The zero-order valence-corrected chi connectivity index (χ0v) is 12.5. The smallest absolute Gasteiger partial charge is 0.244 e. The van der Waals surface area contributed by atoms with Gasteiger partial charge in [-0.25, -0.2) is 14.6 Å². The Bertz CT molecular complexity index is 610. The number of aromatic amines is 1. The van der Waals surface area contributed by atoms with Crippen LogP contribution >= 0.6 is 0 Å². The van der Waals surface area contributed by atoms with Gasteiger partial charge in [-0.2, -0.15) is 10.2 Å². The number of ether oxygens (including phenoxy) is 1. The van der Waals surface area contributed by atoms with Crippen LogP contribution in [0.5, 0.6) is 0 Å². The lowest BCUT2D eigenvalue weighted by Gasteiger charge is -2.31. The molecular formula is C13H19N7O2. The van der Waals surface area contributed by atoms with Crippen LogP contribution in [-0.4, -0.2) is 60.4 Å². The molecule has 1 aliphatic rings. The highest BCUT2D eigenvalue weighted by atomic mass is 16.5. The normalized spacial score (nSPS) is 18.6. The van der Waals surface area contributed by atoms with E-state index in [0.29, 0.717) is 25.5 Å². The largest absolute Gasteiger partial charge is 0.366 e. The predicted octanol–water partition coefficient (Wildman–Crippen LogP) is -0.0512. The molecule has 1 amide bonds. The van der Waals surface area contributed by atoms with Crippen LogP contribution in [0, 0.1) is 0 Å². The SMILES string of the molecule is CCCc1nc(C2CN(C(=O)Cn3cncn3)CCO2)n[nH]1. The average Bonchev–Trinajstić information content (AvgIpc) is 3.19. The van der Waals surface area contributed by atoms with Gasteiger partial charge in [0, 0.05) is 13.0 Å². The number of aromatic nitrogens is 6. The first-order valence-electron chi connectivity index (χ1n) is 7.39. The number of hydrogen-bond donors (Lipinski definition) is 1. The van der Waals surface area contributed by atoms with Crippen molar-refractivity contribution in [2.24, 2.45) is 0 Å². The molecule has 9 heteroatoms. The van der Waals surface area contributed by atoms with Crippen molar-refractivity contribution < 1.29 is 9.53 Å². The van der Waals surface area contributed by atoms with Crippen molar-refractivity contribution in [1.29, 1.82) is 0 Å². The Morgan fingerprint density at radius 3 is 3.23 bits per heavy atom. The molecule has 22 heavy (non-hydrogen) atoms. The van der Waals surface area contributed by atoms with Crippen LogP contribution in [-0.2, 0) is 22.5 Å². The van der Waals surface area contributed by atoms with E-state index in [1.54, 1.807) is 4.90 Å². The van der Waals surface area contributed by atoms with Gasteiger partial charge in [0.2, 0.25) is 5.91 Å². The summed E-state index contributed by atoms with van der Waals surface area (Å²) in [7, 11) is 0. The molecule has 0 bridgehead atoms. The topological polar surface area (TPSA) is 102 Å². The molecule has 0 radical (unpaired) electrons. The fraction of sp³-hybridized carbons (Fsp3) is 0.615. The lowest BCUT2D eigenvalue weighted by molar-refractivity contribution is -0.140. The summed E-state index contributed by atoms with van der Waals surface area (Å²) in [6.45, 7) is 3.77. The maximum Gasteiger partial charge on any atom is 0.244 e. The number of H-pyrrole nitrogens is 1. The van der Waals surface area contributed by atoms with Gasteiger partial charge >= 0.3 is 0 Å². The summed E-state index contributed by atoms with van der Waals surface area (Å²) < 4.78 is 7.21. The predicted molar refractivity (Wildman–Crippen MR) is 75.7 cm³/mol. The molecule has 1 unspecified atom stereocenters. The van der Waals surface area contributed by atoms with Crippen LogP contribution in [0.3, 0.4) is 0 Å². The number of amides is 1. The average molecular weight is 305 g/mol. The Balaban J connectivity index is 1.61. The van der Waals surface area contributed by atoms with Crippen LogP contribution < -0.4 is 0 Å². The standard InChI is InChI=1S/C13H19N7O2/c1-2-3-11-16-13(18-17-11)10-6-19(4-5-22-10)12(21)7-20-9-14-8-15-20/h8-10H,2-7H2,1H3,(H,16,17,18). The summed E-state index contributed by atoms with van der Waals surface area (Å²) in [6.07, 6.45) is 4.52. The highest BCUT2D eigenvalue weighted by Crippen LogP contribution is 2.19. The second kappa shape index (κ2) is 6.65. The Hall–Kier alpha value is -2.29. The van der Waals surface area contributed by atoms with Crippen LogP contribution in [0.15, 0.2) is 12.7 Å². The Morgan fingerprint density at radius 1 is 1.55 bits per heavy atom. The van der Waals surface area contributed by atoms with Crippen molar-refractivity contribution in [1.82, 2.24) is 34.8 Å². The van der Waals surface area contributed by atoms with Gasteiger partial charge in [-0.05, 0) is 6.42 Å². The van der Waals surface area contributed by atoms with E-state index in [2.05, 4.69) is 32.2 Å². The van der Waals surface area contributed by atoms with Crippen molar-refractivity contribution in [2.45, 2.75) is 32.4 Å². The summed E-state index contributed by atoms with van der Waals surface area (Å²) in [5, 5.41) is 11.1. The summed E-state index contributed by atoms with van der Waals surface area (Å²) >= 11 is 0. The first-order valence-corrected chi connectivity index (χ1v) is 7.39. The number of carbonyl (C=O) groups excluding carboxylic acids is 1. The zero-order valence-electron chi connectivity index (χ0n) is 12.5. The third-order valence-corrected chi connectivity index (χ3v) is 3.51. The highest BCUT2D eigenvalue weighted by molar-refractivity contribution is 5.76. The molecule has 118 valence electrons. The van der Waals surface area contributed by atoms with Crippen LogP contribution in [0.25, 0.3) is 0 Å². The van der Waals surface area contributed by atoms with Gasteiger partial charge in [-0.15, -0.1) is 0 Å². The molecule has 1 aliphatic heterocycles. The zero-order chi connectivity index (χ0) is 15.4. The molecule has 1 N–H and O–H groups in total. The Morgan fingerprint density at radius 2 is 2.45 bits per heavy atom. The number of nitrogens with zero attached hydrogens (tertiary/aromatic N) is 6. The van der Waals surface area contributed by atoms with Gasteiger partial charge < -0.3 is 9.64 Å². The maximum absolute atomic E-state index is 12.3. The lowest BCUT2D eigenvalue weighted by atomic mass is 10.2. The minimum atomic E-state index is -0.282. The van der Waals surface area contributed by atoms with Crippen molar-refractivity contribution >= 4 is 5.91 Å². The van der Waals surface area contributed by atoms with Gasteiger partial charge in [0.1, 0.15) is 31.1 Å². The fourth-order valence-electron chi connectivity index (χ4n) is 2.39. The summed E-state index contributed by atoms with van der Waals surface area (Å²) in [4.78, 5) is 22.3. The minimum absolute atomic E-state index is 0.0110. The quantitative estimate of drug-likeness (QED) is 0.831. The van der Waals surface area contributed by atoms with E-state index in [1.807, 2.05) is 0 Å². The number of hydrogen-bond acceptors (Lipinski definition) is 6. The van der Waals surface area contributed by atoms with Gasteiger partial charge in [0.05, 0.1) is 13.2 Å². The molecule has 2 aromatic heterocycles. The van der Waals surface area contributed by atoms with E-state index in [9.17, 15) is 4.79 Å². The second-order valence-electron chi connectivity index (χ2n) is 5.18. The van der Waals surface area contributed by atoms with Gasteiger partial charge in [0.25, 0.3) is 0 Å². The maximum atomic E-state index is 12.3. The summed E-state index contributed by atoms with van der Waals surface area (Å²) in [6, 6.07) is 0. The minimum Gasteiger partial charge on any atom is -0.366 e. The third-order valence-electron chi connectivity index (χ3n) is 3.51. The summed E-state index contributed by atoms with van der Waals surface area (Å²) in [5.41, 5.74) is 0. The van der Waals surface area contributed by atoms with Crippen LogP contribution in [0.1, 0.15) is 31.1 Å². The Kier molecular flexibility index (Phi) is 4.42. The molecule has 1 atom stereocenters. The number of carbonyl (C=O) groups is 1. The molecule has 0 spiro atoms. The van der Waals surface area contributed by atoms with E-state index in [1.165, 1.54) is 17.3 Å². The molecule has 3 heterocycles. The van der Waals surface area contributed by atoms with Crippen molar-refractivity contribution in [2.75, 3.05) is 19.7 Å². The molecule has 3 rings (SSSR count). The fourth-order valence-corrected chi connectivity index (χ4v) is 2.39. The summed E-state index contributed by atoms with van der Waals surface area (Å²) in [5.74, 6) is 1.46. The van der Waals surface area contributed by atoms with Crippen LogP contribution in [0.4, 0.5) is 0 Å². The van der Waals surface area contributed by atoms with Crippen molar-refractivity contribution in [3.05, 3.63) is 24.3 Å². The van der Waals surface area contributed by atoms with Crippen molar-refractivity contribution in [3.8, 4) is 0 Å². The molecule has 2 aromatic rings. The molecular weight excluding hydrogens is 286 g/mol. The molecule has 0 aromatic carbocycles. The number of rotatable bonds is 5. The van der Waals surface area contributed by atoms with Gasteiger partial charge in [0.15, 0.2) is 5.82 Å². The molecule has 0 saturated carbocycles. The van der Waals surface area contributed by atoms with Gasteiger partial charge in [-0.3, -0.25) is 9.89 Å². The number of morpholine rings is 1. The first-order chi connectivity index (χ1) is 10.8.